The smallest absolute Gasteiger partial charge is 0.339 e. The van der Waals surface area contributed by atoms with Crippen LogP contribution in [0.4, 0.5) is 5.82 Å². The van der Waals surface area contributed by atoms with Gasteiger partial charge in [-0.15, -0.1) is 11.3 Å². The molecule has 21 heavy (non-hydrogen) atoms. The van der Waals surface area contributed by atoms with Crippen molar-refractivity contribution in [2.75, 3.05) is 38.1 Å². The SMILES string of the molecule is CN1CCN(c2nc(-c3cccs3)ccc2C(=O)O)CC1. The van der Waals surface area contributed by atoms with Crippen LogP contribution < -0.4 is 4.90 Å². The van der Waals surface area contributed by atoms with Crippen LogP contribution in [0.3, 0.4) is 0 Å². The molecule has 1 aliphatic heterocycles. The minimum Gasteiger partial charge on any atom is -0.478 e. The third kappa shape index (κ3) is 2.91. The maximum atomic E-state index is 11.5. The van der Waals surface area contributed by atoms with Gasteiger partial charge in [0.2, 0.25) is 0 Å². The minimum absolute atomic E-state index is 0.278. The third-order valence-electron chi connectivity index (χ3n) is 3.68. The summed E-state index contributed by atoms with van der Waals surface area (Å²) < 4.78 is 0. The van der Waals surface area contributed by atoms with Gasteiger partial charge in [0.25, 0.3) is 0 Å². The number of carbonyl (C=O) groups is 1. The molecule has 0 unspecified atom stereocenters. The van der Waals surface area contributed by atoms with E-state index in [9.17, 15) is 9.90 Å². The molecule has 1 aliphatic rings. The molecule has 0 spiro atoms. The molecule has 0 radical (unpaired) electrons. The zero-order chi connectivity index (χ0) is 14.8. The summed E-state index contributed by atoms with van der Waals surface area (Å²) in [5.74, 6) is -0.337. The van der Waals surface area contributed by atoms with Crippen molar-refractivity contribution in [1.29, 1.82) is 0 Å². The number of piperazine rings is 1. The highest BCUT2D eigenvalue weighted by atomic mass is 32.1. The molecule has 2 aromatic heterocycles. The highest BCUT2D eigenvalue weighted by Crippen LogP contribution is 2.28. The number of carboxylic acids is 1. The number of aromatic nitrogens is 1. The number of carboxylic acid groups (broad SMARTS) is 1. The van der Waals surface area contributed by atoms with Crippen molar-refractivity contribution >= 4 is 23.1 Å². The average Bonchev–Trinajstić information content (AvgIpc) is 3.01. The van der Waals surface area contributed by atoms with E-state index in [-0.39, 0.29) is 5.56 Å². The van der Waals surface area contributed by atoms with Crippen LogP contribution in [0.5, 0.6) is 0 Å². The normalized spacial score (nSPS) is 16.1. The summed E-state index contributed by atoms with van der Waals surface area (Å²) in [4.78, 5) is 21.4. The van der Waals surface area contributed by atoms with Crippen LogP contribution in [0, 0.1) is 0 Å². The fourth-order valence-electron chi connectivity index (χ4n) is 2.44. The lowest BCUT2D eigenvalue weighted by atomic mass is 10.2. The van der Waals surface area contributed by atoms with Crippen LogP contribution >= 0.6 is 11.3 Å². The molecule has 3 heterocycles. The lowest BCUT2D eigenvalue weighted by molar-refractivity contribution is 0.0697. The van der Waals surface area contributed by atoms with Gasteiger partial charge < -0.3 is 14.9 Å². The molecule has 1 N–H and O–H groups in total. The predicted molar refractivity (Wildman–Crippen MR) is 84.2 cm³/mol. The molecule has 5 nitrogen and oxygen atoms in total. The first-order chi connectivity index (χ1) is 10.1. The van der Waals surface area contributed by atoms with Crippen LogP contribution in [-0.2, 0) is 0 Å². The molecule has 6 heteroatoms. The zero-order valence-electron chi connectivity index (χ0n) is 11.8. The Balaban J connectivity index is 1.99. The molecular weight excluding hydrogens is 286 g/mol. The summed E-state index contributed by atoms with van der Waals surface area (Å²) in [5, 5.41) is 11.4. The summed E-state index contributed by atoms with van der Waals surface area (Å²) in [6.07, 6.45) is 0. The molecule has 3 rings (SSSR count). The lowest BCUT2D eigenvalue weighted by Gasteiger charge is -2.34. The number of hydrogen-bond acceptors (Lipinski definition) is 5. The molecule has 0 amide bonds. The number of thiophene rings is 1. The Kier molecular flexibility index (Phi) is 3.90. The summed E-state index contributed by atoms with van der Waals surface area (Å²) in [7, 11) is 2.07. The van der Waals surface area contributed by atoms with Crippen molar-refractivity contribution in [1.82, 2.24) is 9.88 Å². The molecule has 0 aromatic carbocycles. The largest absolute Gasteiger partial charge is 0.478 e. The number of likely N-dealkylation sites (N-methyl/N-ethyl adjacent to an activating group) is 1. The summed E-state index contributed by atoms with van der Waals surface area (Å²) >= 11 is 1.61. The van der Waals surface area contributed by atoms with E-state index < -0.39 is 5.97 Å². The van der Waals surface area contributed by atoms with Crippen molar-refractivity contribution < 1.29 is 9.90 Å². The maximum Gasteiger partial charge on any atom is 0.339 e. The molecule has 1 fully saturated rings. The molecule has 0 bridgehead atoms. The highest BCUT2D eigenvalue weighted by Gasteiger charge is 2.22. The van der Waals surface area contributed by atoms with Crippen LogP contribution in [0.25, 0.3) is 10.6 Å². The van der Waals surface area contributed by atoms with E-state index in [0.717, 1.165) is 36.8 Å². The minimum atomic E-state index is -0.922. The molecular formula is C15H17N3O2S. The van der Waals surface area contributed by atoms with Crippen LogP contribution in [-0.4, -0.2) is 54.2 Å². The Labute approximate surface area is 127 Å². The first kappa shape index (κ1) is 14.0. The van der Waals surface area contributed by atoms with Gasteiger partial charge in [-0.2, -0.15) is 0 Å². The standard InChI is InChI=1S/C15H17N3O2S/c1-17-6-8-18(9-7-17)14-11(15(19)20)4-5-12(16-14)13-3-2-10-21-13/h2-5,10H,6-9H2,1H3,(H,19,20). The second-order valence-electron chi connectivity index (χ2n) is 5.14. The maximum absolute atomic E-state index is 11.5. The van der Waals surface area contributed by atoms with E-state index in [1.54, 1.807) is 23.5 Å². The van der Waals surface area contributed by atoms with E-state index in [1.807, 2.05) is 17.5 Å². The fourth-order valence-corrected chi connectivity index (χ4v) is 3.13. The predicted octanol–water partition coefficient (Wildman–Crippen LogP) is 2.26. The number of nitrogens with zero attached hydrogens (tertiary/aromatic N) is 3. The topological polar surface area (TPSA) is 56.7 Å². The Morgan fingerprint density at radius 2 is 2.00 bits per heavy atom. The molecule has 0 aliphatic carbocycles. The summed E-state index contributed by atoms with van der Waals surface area (Å²) in [6.45, 7) is 3.45. The van der Waals surface area contributed by atoms with Gasteiger partial charge in [-0.05, 0) is 30.6 Å². The van der Waals surface area contributed by atoms with Crippen molar-refractivity contribution in [3.63, 3.8) is 0 Å². The highest BCUT2D eigenvalue weighted by molar-refractivity contribution is 7.13. The van der Waals surface area contributed by atoms with Gasteiger partial charge in [0, 0.05) is 26.2 Å². The summed E-state index contributed by atoms with van der Waals surface area (Å²) in [6, 6.07) is 7.43. The van der Waals surface area contributed by atoms with E-state index in [1.165, 1.54) is 0 Å². The average molecular weight is 303 g/mol. The number of rotatable bonds is 3. The van der Waals surface area contributed by atoms with Gasteiger partial charge in [0.1, 0.15) is 11.4 Å². The van der Waals surface area contributed by atoms with Gasteiger partial charge in [-0.25, -0.2) is 9.78 Å². The molecule has 2 aromatic rings. The van der Waals surface area contributed by atoms with Gasteiger partial charge >= 0.3 is 5.97 Å². The number of hydrogen-bond donors (Lipinski definition) is 1. The van der Waals surface area contributed by atoms with Gasteiger partial charge in [0.05, 0.1) is 10.6 Å². The summed E-state index contributed by atoms with van der Waals surface area (Å²) in [5.41, 5.74) is 1.11. The molecule has 0 saturated carbocycles. The second kappa shape index (κ2) is 5.83. The Morgan fingerprint density at radius 3 is 2.62 bits per heavy atom. The second-order valence-corrected chi connectivity index (χ2v) is 6.09. The first-order valence-corrected chi connectivity index (χ1v) is 7.75. The lowest BCUT2D eigenvalue weighted by Crippen LogP contribution is -2.45. The first-order valence-electron chi connectivity index (χ1n) is 6.87. The van der Waals surface area contributed by atoms with Crippen molar-refractivity contribution in [2.24, 2.45) is 0 Å². The van der Waals surface area contributed by atoms with E-state index in [4.69, 9.17) is 0 Å². The van der Waals surface area contributed by atoms with E-state index in [0.29, 0.717) is 5.82 Å². The van der Waals surface area contributed by atoms with Gasteiger partial charge in [0.15, 0.2) is 0 Å². The van der Waals surface area contributed by atoms with E-state index in [2.05, 4.69) is 21.8 Å². The number of aromatic carboxylic acids is 1. The fraction of sp³-hybridized carbons (Fsp3) is 0.333. The zero-order valence-corrected chi connectivity index (χ0v) is 12.6. The molecule has 0 atom stereocenters. The van der Waals surface area contributed by atoms with Crippen LogP contribution in [0.1, 0.15) is 10.4 Å². The number of pyridine rings is 1. The third-order valence-corrected chi connectivity index (χ3v) is 4.57. The molecule has 110 valence electrons. The van der Waals surface area contributed by atoms with Crippen molar-refractivity contribution in [3.05, 3.63) is 35.2 Å². The monoisotopic (exact) mass is 303 g/mol. The van der Waals surface area contributed by atoms with Crippen molar-refractivity contribution in [2.45, 2.75) is 0 Å². The van der Waals surface area contributed by atoms with Crippen LogP contribution in [0.15, 0.2) is 29.6 Å². The van der Waals surface area contributed by atoms with Gasteiger partial charge in [-0.1, -0.05) is 6.07 Å². The Hall–Kier alpha value is -1.92. The van der Waals surface area contributed by atoms with E-state index >= 15 is 0 Å². The van der Waals surface area contributed by atoms with Crippen molar-refractivity contribution in [3.8, 4) is 10.6 Å². The van der Waals surface area contributed by atoms with Crippen LogP contribution in [0.2, 0.25) is 0 Å². The quantitative estimate of drug-likeness (QED) is 0.942. The Bertz CT molecular complexity index is 634. The van der Waals surface area contributed by atoms with Gasteiger partial charge in [-0.3, -0.25) is 0 Å². The number of anilines is 1. The molecule has 1 saturated heterocycles. The Morgan fingerprint density at radius 1 is 1.24 bits per heavy atom.